The Balaban J connectivity index is 2.04. The molecule has 0 saturated carbocycles. The molecule has 3 rings (SSSR count). The van der Waals surface area contributed by atoms with Crippen LogP contribution in [0.5, 0.6) is 0 Å². The zero-order valence-corrected chi connectivity index (χ0v) is 14.1. The van der Waals surface area contributed by atoms with Gasteiger partial charge in [-0.3, -0.25) is 9.59 Å². The Morgan fingerprint density at radius 3 is 2.48 bits per heavy atom. The van der Waals surface area contributed by atoms with Gasteiger partial charge in [0.2, 0.25) is 0 Å². The average molecular weight is 376 g/mol. The molecule has 0 aliphatic rings. The van der Waals surface area contributed by atoms with Gasteiger partial charge in [-0.05, 0) is 30.3 Å². The van der Waals surface area contributed by atoms with Gasteiger partial charge in [-0.15, -0.1) is 0 Å². The van der Waals surface area contributed by atoms with Crippen LogP contribution in [-0.2, 0) is 0 Å². The van der Waals surface area contributed by atoms with Crippen molar-refractivity contribution >= 4 is 34.8 Å². The minimum Gasteiger partial charge on any atom is -0.320 e. The maximum atomic E-state index is 12.6. The van der Waals surface area contributed by atoms with Crippen molar-refractivity contribution in [1.82, 2.24) is 9.55 Å². The normalized spacial score (nSPS) is 10.5. The zero-order chi connectivity index (χ0) is 18.0. The van der Waals surface area contributed by atoms with Gasteiger partial charge in [-0.1, -0.05) is 41.4 Å². The lowest BCUT2D eigenvalue weighted by molar-refractivity contribution is 0.102. The number of benzene rings is 2. The quantitative estimate of drug-likeness (QED) is 0.737. The highest BCUT2D eigenvalue weighted by Crippen LogP contribution is 2.25. The highest BCUT2D eigenvalue weighted by atomic mass is 35.5. The molecule has 3 aromatic rings. The summed E-state index contributed by atoms with van der Waals surface area (Å²) in [7, 11) is 0. The van der Waals surface area contributed by atoms with Crippen molar-refractivity contribution in [3.8, 4) is 5.69 Å². The molecule has 2 N–H and O–H groups in total. The van der Waals surface area contributed by atoms with Gasteiger partial charge < -0.3 is 10.3 Å². The molecule has 0 aliphatic heterocycles. The largest absolute Gasteiger partial charge is 0.333 e. The number of carbonyl (C=O) groups excluding carboxylic acids is 1. The Hall–Kier alpha value is -2.83. The van der Waals surface area contributed by atoms with Crippen LogP contribution in [0.25, 0.3) is 5.69 Å². The zero-order valence-electron chi connectivity index (χ0n) is 12.6. The number of para-hydroxylation sites is 1. The van der Waals surface area contributed by atoms with Crippen LogP contribution in [0, 0.1) is 0 Å². The van der Waals surface area contributed by atoms with Crippen molar-refractivity contribution < 1.29 is 4.79 Å². The number of aromatic amines is 1. The second-order valence-corrected chi connectivity index (χ2v) is 5.91. The first-order chi connectivity index (χ1) is 12.0. The number of amides is 1. The summed E-state index contributed by atoms with van der Waals surface area (Å²) < 4.78 is 0.883. The first-order valence-electron chi connectivity index (χ1n) is 7.14. The third-order valence-corrected chi connectivity index (χ3v) is 3.98. The van der Waals surface area contributed by atoms with E-state index in [4.69, 9.17) is 23.2 Å². The minimum absolute atomic E-state index is 0.237. The second-order valence-electron chi connectivity index (χ2n) is 5.06. The molecule has 2 aromatic carbocycles. The number of hydrogen-bond acceptors (Lipinski definition) is 3. The molecule has 0 aliphatic carbocycles. The predicted molar refractivity (Wildman–Crippen MR) is 97.1 cm³/mol. The van der Waals surface area contributed by atoms with E-state index in [0.717, 1.165) is 10.8 Å². The first kappa shape index (κ1) is 17.0. The van der Waals surface area contributed by atoms with Crippen LogP contribution in [0.1, 0.15) is 10.4 Å². The molecule has 0 spiro atoms. The molecule has 0 atom stereocenters. The van der Waals surface area contributed by atoms with Crippen LogP contribution < -0.4 is 16.6 Å². The van der Waals surface area contributed by atoms with Gasteiger partial charge in [0.05, 0.1) is 16.4 Å². The Labute approximate surface area is 151 Å². The fourth-order valence-corrected chi connectivity index (χ4v) is 2.57. The molecule has 1 aromatic heterocycles. The van der Waals surface area contributed by atoms with E-state index in [1.807, 2.05) is 0 Å². The van der Waals surface area contributed by atoms with Gasteiger partial charge in [0.25, 0.3) is 11.5 Å². The SMILES string of the molecule is O=C(Nc1cc(Cl)ccc1Cl)c1c[nH]c(=O)n(-c2ccccc2)c1=O. The Bertz CT molecular complexity index is 1060. The number of H-pyrrole nitrogens is 1. The molecule has 1 heterocycles. The standard InChI is InChI=1S/C17H11Cl2N3O3/c18-10-6-7-13(19)14(8-10)21-15(23)12-9-20-17(25)22(16(12)24)11-4-2-1-3-5-11/h1-9H,(H,20,25)(H,21,23). The van der Waals surface area contributed by atoms with E-state index in [1.165, 1.54) is 12.1 Å². The maximum absolute atomic E-state index is 12.6. The number of anilines is 1. The van der Waals surface area contributed by atoms with Crippen molar-refractivity contribution in [3.05, 3.63) is 91.2 Å². The van der Waals surface area contributed by atoms with Crippen LogP contribution in [0.15, 0.2) is 64.3 Å². The number of carbonyl (C=O) groups is 1. The molecule has 8 heteroatoms. The first-order valence-corrected chi connectivity index (χ1v) is 7.89. The highest BCUT2D eigenvalue weighted by Gasteiger charge is 2.17. The van der Waals surface area contributed by atoms with Crippen molar-refractivity contribution in [2.75, 3.05) is 5.32 Å². The summed E-state index contributed by atoms with van der Waals surface area (Å²) in [6.45, 7) is 0. The minimum atomic E-state index is -0.745. The Kier molecular flexibility index (Phi) is 4.74. The molecule has 126 valence electrons. The number of hydrogen-bond donors (Lipinski definition) is 2. The molecule has 0 radical (unpaired) electrons. The van der Waals surface area contributed by atoms with E-state index in [0.29, 0.717) is 10.7 Å². The summed E-state index contributed by atoms with van der Waals surface area (Å²) in [6.07, 6.45) is 1.07. The third kappa shape index (κ3) is 3.50. The molecule has 25 heavy (non-hydrogen) atoms. The van der Waals surface area contributed by atoms with Crippen LogP contribution in [0.4, 0.5) is 5.69 Å². The molecule has 0 unspecified atom stereocenters. The van der Waals surface area contributed by atoms with Crippen molar-refractivity contribution in [3.63, 3.8) is 0 Å². The monoisotopic (exact) mass is 375 g/mol. The molecule has 6 nitrogen and oxygen atoms in total. The van der Waals surface area contributed by atoms with E-state index in [9.17, 15) is 14.4 Å². The van der Waals surface area contributed by atoms with Gasteiger partial charge >= 0.3 is 5.69 Å². The van der Waals surface area contributed by atoms with Crippen molar-refractivity contribution in [2.45, 2.75) is 0 Å². The summed E-state index contributed by atoms with van der Waals surface area (Å²) in [6, 6.07) is 12.8. The highest BCUT2D eigenvalue weighted by molar-refractivity contribution is 6.35. The van der Waals surface area contributed by atoms with Crippen LogP contribution in [-0.4, -0.2) is 15.5 Å². The second kappa shape index (κ2) is 6.96. The number of aromatic nitrogens is 2. The lowest BCUT2D eigenvalue weighted by Crippen LogP contribution is -2.38. The summed E-state index contributed by atoms with van der Waals surface area (Å²) in [5.74, 6) is -0.713. The van der Waals surface area contributed by atoms with Crippen LogP contribution in [0.2, 0.25) is 10.0 Å². The van der Waals surface area contributed by atoms with Gasteiger partial charge in [0.1, 0.15) is 5.56 Å². The fourth-order valence-electron chi connectivity index (χ4n) is 2.23. The maximum Gasteiger partial charge on any atom is 0.333 e. The topological polar surface area (TPSA) is 84.0 Å². The van der Waals surface area contributed by atoms with Crippen molar-refractivity contribution in [2.24, 2.45) is 0 Å². The average Bonchev–Trinajstić information content (AvgIpc) is 2.59. The summed E-state index contributed by atoms with van der Waals surface area (Å²) in [5, 5.41) is 3.16. The molecule has 0 saturated heterocycles. The van der Waals surface area contributed by atoms with Crippen molar-refractivity contribution in [1.29, 1.82) is 0 Å². The van der Waals surface area contributed by atoms with Gasteiger partial charge in [0, 0.05) is 11.2 Å². The molecule has 0 bridgehead atoms. The lowest BCUT2D eigenvalue weighted by atomic mass is 10.2. The van der Waals surface area contributed by atoms with Gasteiger partial charge in [-0.25, -0.2) is 9.36 Å². The number of nitrogens with zero attached hydrogens (tertiary/aromatic N) is 1. The third-order valence-electron chi connectivity index (χ3n) is 3.41. The molecule has 1 amide bonds. The molecular weight excluding hydrogens is 365 g/mol. The van der Waals surface area contributed by atoms with Crippen LogP contribution in [0.3, 0.4) is 0 Å². The summed E-state index contributed by atoms with van der Waals surface area (Å²) in [5.41, 5.74) is -1.01. The Morgan fingerprint density at radius 1 is 1.04 bits per heavy atom. The smallest absolute Gasteiger partial charge is 0.320 e. The van der Waals surface area contributed by atoms with E-state index in [1.54, 1.807) is 36.4 Å². The van der Waals surface area contributed by atoms with E-state index < -0.39 is 17.2 Å². The fraction of sp³-hybridized carbons (Fsp3) is 0. The van der Waals surface area contributed by atoms with E-state index >= 15 is 0 Å². The van der Waals surface area contributed by atoms with Gasteiger partial charge in [0.15, 0.2) is 0 Å². The number of rotatable bonds is 3. The Morgan fingerprint density at radius 2 is 1.76 bits per heavy atom. The lowest BCUT2D eigenvalue weighted by Gasteiger charge is -2.09. The number of nitrogens with one attached hydrogen (secondary N) is 2. The van der Waals surface area contributed by atoms with Gasteiger partial charge in [-0.2, -0.15) is 0 Å². The summed E-state index contributed by atoms with van der Waals surface area (Å²) in [4.78, 5) is 39.4. The predicted octanol–water partition coefficient (Wildman–Crippen LogP) is 3.08. The summed E-state index contributed by atoms with van der Waals surface area (Å²) >= 11 is 11.9. The molecule has 0 fully saturated rings. The van der Waals surface area contributed by atoms with E-state index in [-0.39, 0.29) is 16.3 Å². The van der Waals surface area contributed by atoms with Crippen LogP contribution >= 0.6 is 23.2 Å². The molecular formula is C17H11Cl2N3O3. The van der Waals surface area contributed by atoms with E-state index in [2.05, 4.69) is 10.3 Å². The number of halogens is 2.